The van der Waals surface area contributed by atoms with Crippen LogP contribution in [0.2, 0.25) is 0 Å². The molecule has 0 atom stereocenters. The number of aryl methyl sites for hydroxylation is 2. The third-order valence-corrected chi connectivity index (χ3v) is 5.10. The largest absolute Gasteiger partial charge is 0.361 e. The van der Waals surface area contributed by atoms with E-state index in [1.807, 2.05) is 19.9 Å². The first-order valence-corrected chi connectivity index (χ1v) is 8.78. The van der Waals surface area contributed by atoms with E-state index >= 15 is 0 Å². The van der Waals surface area contributed by atoms with Gasteiger partial charge in [0.15, 0.2) is 5.16 Å². The lowest BCUT2D eigenvalue weighted by atomic mass is 10.2. The van der Waals surface area contributed by atoms with Gasteiger partial charge in [0.1, 0.15) is 11.6 Å². The summed E-state index contributed by atoms with van der Waals surface area (Å²) in [5.74, 6) is 3.30. The maximum absolute atomic E-state index is 5.25. The van der Waals surface area contributed by atoms with Crippen LogP contribution >= 0.6 is 11.8 Å². The molecule has 118 valence electrons. The lowest BCUT2D eigenvalue weighted by Crippen LogP contribution is -2.01. The summed E-state index contributed by atoms with van der Waals surface area (Å²) in [6.45, 7) is 3.93. The number of hydrogen-bond acceptors (Lipinski definition) is 5. The van der Waals surface area contributed by atoms with E-state index in [4.69, 9.17) is 4.52 Å². The normalized spacial score (nSPS) is 14.3. The lowest BCUT2D eigenvalue weighted by Gasteiger charge is -2.09. The highest BCUT2D eigenvalue weighted by Crippen LogP contribution is 2.41. The van der Waals surface area contributed by atoms with Crippen LogP contribution in [0.3, 0.4) is 0 Å². The fourth-order valence-electron chi connectivity index (χ4n) is 2.65. The predicted octanol–water partition coefficient (Wildman–Crippen LogP) is 4.04. The molecule has 3 aromatic rings. The Morgan fingerprint density at radius 2 is 1.96 bits per heavy atom. The molecule has 0 spiro atoms. The molecule has 1 aromatic carbocycles. The molecule has 0 aliphatic heterocycles. The second kappa shape index (κ2) is 5.85. The molecular formula is C17H18N4OS. The second-order valence-corrected chi connectivity index (χ2v) is 6.82. The van der Waals surface area contributed by atoms with Crippen LogP contribution in [-0.4, -0.2) is 19.9 Å². The summed E-state index contributed by atoms with van der Waals surface area (Å²) < 4.78 is 7.44. The smallest absolute Gasteiger partial charge is 0.196 e. The number of aromatic nitrogens is 4. The lowest BCUT2D eigenvalue weighted by molar-refractivity contribution is 0.392. The highest BCUT2D eigenvalue weighted by molar-refractivity contribution is 7.98. The highest BCUT2D eigenvalue weighted by Gasteiger charge is 2.31. The molecule has 0 N–H and O–H groups in total. The molecular weight excluding hydrogens is 308 g/mol. The summed E-state index contributed by atoms with van der Waals surface area (Å²) in [4.78, 5) is 0. The minimum atomic E-state index is 0.552. The van der Waals surface area contributed by atoms with Crippen molar-refractivity contribution in [1.29, 1.82) is 0 Å². The van der Waals surface area contributed by atoms with Crippen LogP contribution in [0.25, 0.3) is 5.69 Å². The summed E-state index contributed by atoms with van der Waals surface area (Å²) >= 11 is 1.68. The van der Waals surface area contributed by atoms with Crippen molar-refractivity contribution >= 4 is 11.8 Å². The average Bonchev–Trinajstić information content (AvgIpc) is 3.26. The summed E-state index contributed by atoms with van der Waals surface area (Å²) in [6.07, 6.45) is 2.42. The van der Waals surface area contributed by atoms with Gasteiger partial charge < -0.3 is 4.52 Å². The van der Waals surface area contributed by atoms with Gasteiger partial charge in [-0.15, -0.1) is 10.2 Å². The Kier molecular flexibility index (Phi) is 3.69. The molecule has 2 aromatic heterocycles. The van der Waals surface area contributed by atoms with Gasteiger partial charge in [-0.05, 0) is 38.8 Å². The minimum Gasteiger partial charge on any atom is -0.361 e. The van der Waals surface area contributed by atoms with Gasteiger partial charge in [0.25, 0.3) is 0 Å². The quantitative estimate of drug-likeness (QED) is 0.662. The number of benzene rings is 1. The Morgan fingerprint density at radius 1 is 1.17 bits per heavy atom. The Balaban J connectivity index is 1.66. The predicted molar refractivity (Wildman–Crippen MR) is 88.9 cm³/mol. The van der Waals surface area contributed by atoms with Crippen molar-refractivity contribution < 1.29 is 4.52 Å². The summed E-state index contributed by atoms with van der Waals surface area (Å²) in [6, 6.07) is 10.3. The zero-order valence-electron chi connectivity index (χ0n) is 13.2. The van der Waals surface area contributed by atoms with Gasteiger partial charge in [-0.3, -0.25) is 4.57 Å². The maximum Gasteiger partial charge on any atom is 0.196 e. The average molecular weight is 326 g/mol. The van der Waals surface area contributed by atoms with E-state index in [-0.39, 0.29) is 0 Å². The van der Waals surface area contributed by atoms with Crippen LogP contribution in [0.15, 0.2) is 40.0 Å². The molecule has 4 rings (SSSR count). The Morgan fingerprint density at radius 3 is 2.61 bits per heavy atom. The Bertz CT molecular complexity index is 801. The topological polar surface area (TPSA) is 56.7 Å². The molecule has 0 bridgehead atoms. The van der Waals surface area contributed by atoms with E-state index in [0.29, 0.717) is 5.92 Å². The van der Waals surface area contributed by atoms with Crippen LogP contribution in [-0.2, 0) is 5.75 Å². The first-order chi connectivity index (χ1) is 11.2. The third kappa shape index (κ3) is 2.79. The van der Waals surface area contributed by atoms with Crippen LogP contribution in [0, 0.1) is 13.8 Å². The molecule has 0 saturated heterocycles. The van der Waals surface area contributed by atoms with Crippen molar-refractivity contribution in [3.63, 3.8) is 0 Å². The van der Waals surface area contributed by atoms with Crippen LogP contribution in [0.5, 0.6) is 0 Å². The van der Waals surface area contributed by atoms with Crippen molar-refractivity contribution in [2.45, 2.75) is 43.5 Å². The van der Waals surface area contributed by atoms with Crippen molar-refractivity contribution in [1.82, 2.24) is 19.9 Å². The van der Waals surface area contributed by atoms with Crippen LogP contribution in [0.4, 0.5) is 0 Å². The number of rotatable bonds is 5. The second-order valence-electron chi connectivity index (χ2n) is 5.88. The fourth-order valence-corrected chi connectivity index (χ4v) is 3.76. The van der Waals surface area contributed by atoms with Crippen molar-refractivity contribution in [3.05, 3.63) is 53.2 Å². The number of nitrogens with zero attached hydrogens (tertiary/aromatic N) is 4. The summed E-state index contributed by atoms with van der Waals surface area (Å²) in [7, 11) is 0. The zero-order valence-corrected chi connectivity index (χ0v) is 14.0. The van der Waals surface area contributed by atoms with E-state index in [0.717, 1.165) is 39.4 Å². The van der Waals surface area contributed by atoms with Gasteiger partial charge in [0.05, 0.1) is 5.69 Å². The number of hydrogen-bond donors (Lipinski definition) is 0. The molecule has 2 heterocycles. The highest BCUT2D eigenvalue weighted by atomic mass is 32.2. The SMILES string of the molecule is Cc1noc(C)c1CSc1nnc(C2CC2)n1-c1ccccc1. The van der Waals surface area contributed by atoms with E-state index in [9.17, 15) is 0 Å². The number of para-hydroxylation sites is 1. The molecule has 1 aliphatic carbocycles. The van der Waals surface area contributed by atoms with E-state index in [1.54, 1.807) is 11.8 Å². The van der Waals surface area contributed by atoms with E-state index in [1.165, 1.54) is 12.8 Å². The Labute approximate surface area is 139 Å². The van der Waals surface area contributed by atoms with Crippen LogP contribution < -0.4 is 0 Å². The molecule has 6 heteroatoms. The molecule has 1 saturated carbocycles. The van der Waals surface area contributed by atoms with Crippen LogP contribution in [0.1, 0.15) is 41.6 Å². The summed E-state index contributed by atoms with van der Waals surface area (Å²) in [5.41, 5.74) is 3.22. The van der Waals surface area contributed by atoms with Crippen molar-refractivity contribution in [2.75, 3.05) is 0 Å². The van der Waals surface area contributed by atoms with E-state index in [2.05, 4.69) is 44.2 Å². The molecule has 1 aliphatic rings. The van der Waals surface area contributed by atoms with Gasteiger partial charge in [-0.1, -0.05) is 35.1 Å². The fraction of sp³-hybridized carbons (Fsp3) is 0.353. The minimum absolute atomic E-state index is 0.552. The molecule has 0 radical (unpaired) electrons. The molecule has 1 fully saturated rings. The Hall–Kier alpha value is -2.08. The van der Waals surface area contributed by atoms with Crippen molar-refractivity contribution in [2.24, 2.45) is 0 Å². The molecule has 23 heavy (non-hydrogen) atoms. The van der Waals surface area contributed by atoms with Gasteiger partial charge in [0, 0.05) is 22.9 Å². The molecule has 5 nitrogen and oxygen atoms in total. The van der Waals surface area contributed by atoms with E-state index < -0.39 is 0 Å². The van der Waals surface area contributed by atoms with Crippen molar-refractivity contribution in [3.8, 4) is 5.69 Å². The molecule has 0 amide bonds. The monoisotopic (exact) mass is 326 g/mol. The molecule has 0 unspecified atom stereocenters. The van der Waals surface area contributed by atoms with Gasteiger partial charge in [-0.25, -0.2) is 0 Å². The van der Waals surface area contributed by atoms with Gasteiger partial charge in [0.2, 0.25) is 0 Å². The third-order valence-electron chi connectivity index (χ3n) is 4.14. The van der Waals surface area contributed by atoms with Gasteiger partial charge >= 0.3 is 0 Å². The standard InChI is InChI=1S/C17H18N4OS/c1-11-15(12(2)22-20-11)10-23-17-19-18-16(13-8-9-13)21(17)14-6-4-3-5-7-14/h3-7,13H,8-10H2,1-2H3. The first-order valence-electron chi connectivity index (χ1n) is 7.79. The maximum atomic E-state index is 5.25. The summed E-state index contributed by atoms with van der Waals surface area (Å²) in [5, 5.41) is 13.8. The number of thioether (sulfide) groups is 1. The van der Waals surface area contributed by atoms with Gasteiger partial charge in [-0.2, -0.15) is 0 Å². The first kappa shape index (κ1) is 14.5. The zero-order chi connectivity index (χ0) is 15.8.